The molecule has 0 bridgehead atoms. The summed E-state index contributed by atoms with van der Waals surface area (Å²) in [6, 6.07) is 29.2. The molecule has 0 fully saturated rings. The molecule has 316 valence electrons. The molecular formula is C51H50Cl2F6Zr-2. The average Bonchev–Trinajstić information content (AvgIpc) is 3.91. The molecule has 5 aromatic carbocycles. The van der Waals surface area contributed by atoms with E-state index in [1.165, 1.54) is 79.9 Å². The molecule has 0 N–H and O–H groups in total. The van der Waals surface area contributed by atoms with Gasteiger partial charge < -0.3 is 24.8 Å². The topological polar surface area (TPSA) is 0 Å². The van der Waals surface area contributed by atoms with Gasteiger partial charge in [-0.05, 0) is 62.3 Å². The Morgan fingerprint density at radius 1 is 0.600 bits per heavy atom. The van der Waals surface area contributed by atoms with E-state index in [9.17, 15) is 26.3 Å². The van der Waals surface area contributed by atoms with Crippen LogP contribution >= 0.6 is 0 Å². The number of rotatable bonds is 2. The number of fused-ring (bicyclic) bond motifs is 5. The molecule has 0 aliphatic heterocycles. The average molecular weight is 939 g/mol. The fourth-order valence-corrected chi connectivity index (χ4v) is 8.90. The second-order valence-corrected chi connectivity index (χ2v) is 19.9. The van der Waals surface area contributed by atoms with Crippen LogP contribution in [0.5, 0.6) is 0 Å². The number of alkyl halides is 6. The van der Waals surface area contributed by atoms with Crippen LogP contribution in [0.2, 0.25) is 0 Å². The van der Waals surface area contributed by atoms with Crippen LogP contribution in [-0.2, 0) is 53.8 Å². The van der Waals surface area contributed by atoms with Crippen molar-refractivity contribution in [3.05, 3.63) is 171 Å². The molecule has 0 radical (unpaired) electrons. The third-order valence-electron chi connectivity index (χ3n) is 11.1. The van der Waals surface area contributed by atoms with Crippen LogP contribution in [0.25, 0.3) is 22.3 Å². The molecule has 0 atom stereocenters. The summed E-state index contributed by atoms with van der Waals surface area (Å²) in [6.07, 6.45) is -1.57. The van der Waals surface area contributed by atoms with Crippen molar-refractivity contribution in [3.63, 3.8) is 0 Å². The van der Waals surface area contributed by atoms with Crippen LogP contribution < -0.4 is 24.8 Å². The van der Waals surface area contributed by atoms with Gasteiger partial charge in [0.1, 0.15) is 0 Å². The zero-order valence-corrected chi connectivity index (χ0v) is 39.6. The van der Waals surface area contributed by atoms with Crippen molar-refractivity contribution in [2.45, 2.75) is 98.8 Å². The van der Waals surface area contributed by atoms with Gasteiger partial charge in [0.05, 0.1) is 0 Å². The Kier molecular flexibility index (Phi) is 14.3. The molecule has 0 spiro atoms. The minimum absolute atomic E-state index is 0. The van der Waals surface area contributed by atoms with Crippen LogP contribution in [0.4, 0.5) is 26.3 Å². The molecule has 9 heteroatoms. The van der Waals surface area contributed by atoms with E-state index in [0.717, 1.165) is 54.9 Å². The molecule has 0 amide bonds. The molecule has 0 aromatic heterocycles. The van der Waals surface area contributed by atoms with E-state index in [1.54, 1.807) is 0 Å². The van der Waals surface area contributed by atoms with Crippen molar-refractivity contribution in [3.8, 4) is 11.1 Å². The minimum atomic E-state index is -4.49. The zero-order chi connectivity index (χ0) is 42.8. The zero-order valence-electron chi connectivity index (χ0n) is 35.6. The van der Waals surface area contributed by atoms with Gasteiger partial charge in [-0.15, -0.1) is 11.6 Å². The SMILES string of the molecule is CC(C)(C)C1=[C-]C(C)(C)c2cc3c(cc21)-c1cc2c(cc1C3)C(C)(C)C=C2C(C)(C)C.FC(F)(F)c1cccc([C](=[Zr+2])c2cccc(C(F)(F)F)c2)c1.[Cl-].[Cl-].c1cc[cH-]c1. The first-order chi connectivity index (χ1) is 26.7. The Morgan fingerprint density at radius 2 is 1.07 bits per heavy atom. The van der Waals surface area contributed by atoms with Gasteiger partial charge in [-0.25, -0.2) is 17.7 Å². The fourth-order valence-electron chi connectivity index (χ4n) is 8.13. The molecule has 3 aliphatic rings. The Morgan fingerprint density at radius 3 is 1.48 bits per heavy atom. The Balaban J connectivity index is 0.000000240. The molecule has 0 saturated carbocycles. The molecule has 60 heavy (non-hydrogen) atoms. The number of halogens is 8. The van der Waals surface area contributed by atoms with Gasteiger partial charge in [0.25, 0.3) is 0 Å². The number of hydrogen-bond acceptors (Lipinski definition) is 0. The summed E-state index contributed by atoms with van der Waals surface area (Å²) in [7, 11) is 0. The van der Waals surface area contributed by atoms with E-state index in [-0.39, 0.29) is 57.6 Å². The first-order valence-electron chi connectivity index (χ1n) is 19.5. The maximum absolute atomic E-state index is 12.7. The Labute approximate surface area is 379 Å². The van der Waals surface area contributed by atoms with Crippen molar-refractivity contribution < 1.29 is 75.4 Å². The third kappa shape index (κ3) is 10.3. The molecule has 0 heterocycles. The second-order valence-electron chi connectivity index (χ2n) is 18.7. The monoisotopic (exact) mass is 936 g/mol. The first kappa shape index (κ1) is 49.3. The number of hydrogen-bond donors (Lipinski definition) is 0. The van der Waals surface area contributed by atoms with Crippen molar-refractivity contribution >= 4 is 14.4 Å². The third-order valence-corrected chi connectivity index (χ3v) is 12.5. The predicted octanol–water partition coefficient (Wildman–Crippen LogP) is 8.76. The maximum atomic E-state index is 12.7. The normalized spacial score (nSPS) is 15.6. The first-order valence-corrected chi connectivity index (χ1v) is 20.8. The van der Waals surface area contributed by atoms with E-state index in [1.807, 2.05) is 30.3 Å². The molecular weight excluding hydrogens is 889 g/mol. The molecule has 5 aromatic rings. The van der Waals surface area contributed by atoms with Gasteiger partial charge in [0, 0.05) is 5.41 Å². The summed E-state index contributed by atoms with van der Waals surface area (Å²) in [4.78, 5) is 0. The smallest absolute Gasteiger partial charge is 0.172 e. The van der Waals surface area contributed by atoms with Gasteiger partial charge in [-0.2, -0.15) is 23.8 Å². The van der Waals surface area contributed by atoms with E-state index in [0.29, 0.717) is 3.21 Å². The van der Waals surface area contributed by atoms with E-state index in [4.69, 9.17) is 0 Å². The van der Waals surface area contributed by atoms with Crippen molar-refractivity contribution in [1.82, 2.24) is 0 Å². The fraction of sp³-hybridized carbons (Fsp3) is 0.333. The summed E-state index contributed by atoms with van der Waals surface area (Å²) in [6.45, 7) is 23.3. The van der Waals surface area contributed by atoms with E-state index in [2.05, 4.69) is 106 Å². The van der Waals surface area contributed by atoms with Crippen LogP contribution in [0.15, 0.2) is 109 Å². The van der Waals surface area contributed by atoms with Crippen molar-refractivity contribution in [2.75, 3.05) is 0 Å². The van der Waals surface area contributed by atoms with Gasteiger partial charge in [-0.3, -0.25) is 6.08 Å². The molecule has 0 unspecified atom stereocenters. The quantitative estimate of drug-likeness (QED) is 0.121. The summed E-state index contributed by atoms with van der Waals surface area (Å²) in [5, 5.41) is 0. The van der Waals surface area contributed by atoms with Crippen LogP contribution in [0, 0.1) is 16.9 Å². The van der Waals surface area contributed by atoms with Gasteiger partial charge >= 0.3 is 137 Å². The van der Waals surface area contributed by atoms with E-state index < -0.39 is 23.5 Å². The van der Waals surface area contributed by atoms with Gasteiger partial charge in [0.2, 0.25) is 0 Å². The predicted molar refractivity (Wildman–Crippen MR) is 222 cm³/mol. The summed E-state index contributed by atoms with van der Waals surface area (Å²) in [5.41, 5.74) is 13.8. The van der Waals surface area contributed by atoms with Gasteiger partial charge in [-0.1, -0.05) is 92.9 Å². The van der Waals surface area contributed by atoms with Crippen molar-refractivity contribution in [2.24, 2.45) is 10.8 Å². The van der Waals surface area contributed by atoms with Gasteiger partial charge in [0.15, 0.2) is 0 Å². The largest absolute Gasteiger partial charge is 1.00 e. The number of benzene rings is 4. The second kappa shape index (κ2) is 17.4. The Hall–Kier alpha value is -3.38. The van der Waals surface area contributed by atoms with Crippen LogP contribution in [0.1, 0.15) is 125 Å². The molecule has 0 saturated heterocycles. The van der Waals surface area contributed by atoms with Crippen molar-refractivity contribution in [1.29, 1.82) is 0 Å². The molecule has 8 rings (SSSR count). The minimum Gasteiger partial charge on any atom is -1.00 e. The summed E-state index contributed by atoms with van der Waals surface area (Å²) >= 11 is 0.729. The molecule has 3 aliphatic carbocycles. The van der Waals surface area contributed by atoms with Crippen LogP contribution in [0.3, 0.4) is 0 Å². The summed E-state index contributed by atoms with van der Waals surface area (Å²) in [5.74, 6) is 0. The summed E-state index contributed by atoms with van der Waals surface area (Å²) < 4.78 is 76.7. The standard InChI is InChI=1S/C31H37.C15H8F6.C5H5.2ClH.Zr/c1-28(2,3)26-16-30(7,8)24-12-18-11-19-13-25-23(15-21(19)20(18)14-22(24)26)27(29(4,5)6)17-31(25,9)10;16-14(17,18)12-5-1-3-10(8-12)7-11-4-2-6-13(9-11)15(19,20)21;1-2-4-5-3-1;;;/h12-16H,11H2,1-10H3;1-6,8-9H;1-5H;2*1H;/q-1;;-1;;;+2/p-2. The van der Waals surface area contributed by atoms with E-state index >= 15 is 0 Å². The van der Waals surface area contributed by atoms with Crippen LogP contribution in [-0.4, -0.2) is 3.21 Å². The Bertz CT molecular complexity index is 2260. The maximum Gasteiger partial charge on any atom is -0.172 e. The molecule has 0 nitrogen and oxygen atoms in total. The number of allylic oxidation sites excluding steroid dienone is 4.